The molecule has 0 heterocycles. The summed E-state index contributed by atoms with van der Waals surface area (Å²) in [7, 11) is -3.26. The van der Waals surface area contributed by atoms with Gasteiger partial charge in [0.1, 0.15) is 17.2 Å². The largest absolute Gasteiger partial charge is 0.508 e. The molecule has 0 amide bonds. The van der Waals surface area contributed by atoms with E-state index in [9.17, 15) is 13.5 Å². The Morgan fingerprint density at radius 2 is 1.61 bits per heavy atom. The van der Waals surface area contributed by atoms with Crippen molar-refractivity contribution in [2.24, 2.45) is 0 Å². The molecule has 0 aliphatic carbocycles. The van der Waals surface area contributed by atoms with E-state index in [1.807, 2.05) is 0 Å². The summed E-state index contributed by atoms with van der Waals surface area (Å²) in [5.74, 6) is 0.941. The zero-order valence-electron chi connectivity index (χ0n) is 9.70. The van der Waals surface area contributed by atoms with Gasteiger partial charge in [0, 0.05) is 12.3 Å². The fraction of sp³-hybridized carbons (Fsp3) is 0.0769. The normalized spacial score (nSPS) is 11.2. The lowest BCUT2D eigenvalue weighted by atomic mass is 10.3. The van der Waals surface area contributed by atoms with Crippen LogP contribution in [-0.2, 0) is 9.84 Å². The number of hydrogen-bond acceptors (Lipinski definition) is 4. The number of ether oxygens (including phenoxy) is 1. The second-order valence-electron chi connectivity index (χ2n) is 3.85. The van der Waals surface area contributed by atoms with Crippen LogP contribution in [0.1, 0.15) is 0 Å². The highest BCUT2D eigenvalue weighted by Gasteiger charge is 2.08. The molecule has 2 aromatic rings. The summed E-state index contributed by atoms with van der Waals surface area (Å²) >= 11 is 0. The number of benzene rings is 2. The smallest absolute Gasteiger partial charge is 0.175 e. The van der Waals surface area contributed by atoms with Crippen molar-refractivity contribution in [3.8, 4) is 17.2 Å². The van der Waals surface area contributed by atoms with Gasteiger partial charge in [-0.1, -0.05) is 12.1 Å². The summed E-state index contributed by atoms with van der Waals surface area (Å²) in [6.07, 6.45) is 1.14. The Morgan fingerprint density at radius 3 is 2.22 bits per heavy atom. The molecule has 0 spiro atoms. The molecule has 0 fully saturated rings. The first-order chi connectivity index (χ1) is 8.45. The third-order valence-corrected chi connectivity index (χ3v) is 3.40. The van der Waals surface area contributed by atoms with Gasteiger partial charge in [-0.25, -0.2) is 8.42 Å². The molecular weight excluding hydrogens is 252 g/mol. The Balaban J connectivity index is 2.30. The van der Waals surface area contributed by atoms with Crippen LogP contribution in [0.4, 0.5) is 0 Å². The van der Waals surface area contributed by atoms with Crippen molar-refractivity contribution in [1.29, 1.82) is 0 Å². The van der Waals surface area contributed by atoms with E-state index in [4.69, 9.17) is 4.74 Å². The molecule has 18 heavy (non-hydrogen) atoms. The summed E-state index contributed by atoms with van der Waals surface area (Å²) in [5.41, 5.74) is 0. The van der Waals surface area contributed by atoms with Crippen LogP contribution in [0.3, 0.4) is 0 Å². The minimum absolute atomic E-state index is 0.0896. The van der Waals surface area contributed by atoms with Crippen LogP contribution in [0, 0.1) is 0 Å². The van der Waals surface area contributed by atoms with E-state index in [-0.39, 0.29) is 10.6 Å². The number of rotatable bonds is 3. The SMILES string of the molecule is CS(=O)(=O)c1cccc(Oc2cccc(O)c2)c1. The second kappa shape index (κ2) is 4.70. The summed E-state index contributed by atoms with van der Waals surface area (Å²) in [4.78, 5) is 0.195. The van der Waals surface area contributed by atoms with Crippen molar-refractivity contribution >= 4 is 9.84 Å². The van der Waals surface area contributed by atoms with Crippen LogP contribution in [0.2, 0.25) is 0 Å². The molecule has 0 saturated heterocycles. The molecule has 94 valence electrons. The van der Waals surface area contributed by atoms with Crippen molar-refractivity contribution in [1.82, 2.24) is 0 Å². The predicted molar refractivity (Wildman–Crippen MR) is 67.7 cm³/mol. The van der Waals surface area contributed by atoms with E-state index >= 15 is 0 Å². The molecule has 1 N–H and O–H groups in total. The van der Waals surface area contributed by atoms with E-state index in [2.05, 4.69) is 0 Å². The van der Waals surface area contributed by atoms with Crippen LogP contribution >= 0.6 is 0 Å². The quantitative estimate of drug-likeness (QED) is 0.925. The Hall–Kier alpha value is -2.01. The first-order valence-corrected chi connectivity index (χ1v) is 7.11. The highest BCUT2D eigenvalue weighted by molar-refractivity contribution is 7.90. The molecule has 0 radical (unpaired) electrons. The van der Waals surface area contributed by atoms with Gasteiger partial charge in [0.05, 0.1) is 4.90 Å². The molecule has 4 nitrogen and oxygen atoms in total. The monoisotopic (exact) mass is 264 g/mol. The molecule has 0 atom stereocenters. The summed E-state index contributed by atoms with van der Waals surface area (Å²) in [6, 6.07) is 12.5. The Morgan fingerprint density at radius 1 is 1.00 bits per heavy atom. The second-order valence-corrected chi connectivity index (χ2v) is 5.86. The Labute approximate surface area is 105 Å². The molecule has 0 aliphatic rings. The third kappa shape index (κ3) is 3.01. The molecule has 0 unspecified atom stereocenters. The van der Waals surface area contributed by atoms with Gasteiger partial charge < -0.3 is 9.84 Å². The molecule has 0 aromatic heterocycles. The minimum atomic E-state index is -3.26. The van der Waals surface area contributed by atoms with Crippen LogP contribution in [0.15, 0.2) is 53.4 Å². The maximum atomic E-state index is 11.4. The molecular formula is C13H12O4S. The number of phenols is 1. The fourth-order valence-electron chi connectivity index (χ4n) is 1.45. The van der Waals surface area contributed by atoms with Gasteiger partial charge in [-0.2, -0.15) is 0 Å². The van der Waals surface area contributed by atoms with Gasteiger partial charge in [-0.15, -0.1) is 0 Å². The Bertz CT molecular complexity index is 662. The lowest BCUT2D eigenvalue weighted by Crippen LogP contribution is -1.96. The predicted octanol–water partition coefficient (Wildman–Crippen LogP) is 2.59. The summed E-state index contributed by atoms with van der Waals surface area (Å²) in [5, 5.41) is 9.30. The molecule has 0 bridgehead atoms. The van der Waals surface area contributed by atoms with Crippen molar-refractivity contribution in [3.05, 3.63) is 48.5 Å². The fourth-order valence-corrected chi connectivity index (χ4v) is 2.11. The van der Waals surface area contributed by atoms with Crippen LogP contribution in [0.5, 0.6) is 17.2 Å². The third-order valence-electron chi connectivity index (χ3n) is 2.29. The van der Waals surface area contributed by atoms with Gasteiger partial charge in [-0.3, -0.25) is 0 Å². The van der Waals surface area contributed by atoms with E-state index in [1.165, 1.54) is 24.3 Å². The van der Waals surface area contributed by atoms with E-state index < -0.39 is 9.84 Å². The molecule has 2 aromatic carbocycles. The number of hydrogen-bond donors (Lipinski definition) is 1. The standard InChI is InChI=1S/C13H12O4S/c1-18(15,16)13-7-3-6-12(9-13)17-11-5-2-4-10(14)8-11/h2-9,14H,1H3. The van der Waals surface area contributed by atoms with Crippen LogP contribution < -0.4 is 4.74 Å². The molecule has 5 heteroatoms. The van der Waals surface area contributed by atoms with Gasteiger partial charge >= 0.3 is 0 Å². The zero-order chi connectivity index (χ0) is 13.2. The van der Waals surface area contributed by atoms with Crippen LogP contribution in [-0.4, -0.2) is 19.8 Å². The maximum Gasteiger partial charge on any atom is 0.175 e. The van der Waals surface area contributed by atoms with E-state index in [1.54, 1.807) is 24.3 Å². The maximum absolute atomic E-state index is 11.4. The number of aromatic hydroxyl groups is 1. The average molecular weight is 264 g/mol. The first-order valence-electron chi connectivity index (χ1n) is 5.22. The number of phenolic OH excluding ortho intramolecular Hbond substituents is 1. The lowest BCUT2D eigenvalue weighted by Gasteiger charge is -2.07. The zero-order valence-corrected chi connectivity index (χ0v) is 10.5. The van der Waals surface area contributed by atoms with Gasteiger partial charge in [0.25, 0.3) is 0 Å². The van der Waals surface area contributed by atoms with Gasteiger partial charge in [0.2, 0.25) is 0 Å². The highest BCUT2D eigenvalue weighted by atomic mass is 32.2. The van der Waals surface area contributed by atoms with Gasteiger partial charge in [-0.05, 0) is 30.3 Å². The van der Waals surface area contributed by atoms with Crippen LogP contribution in [0.25, 0.3) is 0 Å². The molecule has 2 rings (SSSR count). The van der Waals surface area contributed by atoms with E-state index in [0.717, 1.165) is 6.26 Å². The van der Waals surface area contributed by atoms with Crippen molar-refractivity contribution in [2.45, 2.75) is 4.90 Å². The van der Waals surface area contributed by atoms with Crippen molar-refractivity contribution in [2.75, 3.05) is 6.26 Å². The lowest BCUT2D eigenvalue weighted by molar-refractivity contribution is 0.454. The topological polar surface area (TPSA) is 63.6 Å². The Kier molecular flexibility index (Phi) is 3.25. The molecule has 0 saturated carbocycles. The summed E-state index contributed by atoms with van der Waals surface area (Å²) in [6.45, 7) is 0. The summed E-state index contributed by atoms with van der Waals surface area (Å²) < 4.78 is 28.3. The van der Waals surface area contributed by atoms with Crippen molar-refractivity contribution in [3.63, 3.8) is 0 Å². The number of sulfone groups is 1. The van der Waals surface area contributed by atoms with Gasteiger partial charge in [0.15, 0.2) is 9.84 Å². The van der Waals surface area contributed by atoms with Crippen molar-refractivity contribution < 1.29 is 18.3 Å². The highest BCUT2D eigenvalue weighted by Crippen LogP contribution is 2.26. The first kappa shape index (κ1) is 12.4. The average Bonchev–Trinajstić information content (AvgIpc) is 2.28. The molecule has 0 aliphatic heterocycles. The minimum Gasteiger partial charge on any atom is -0.508 e. The van der Waals surface area contributed by atoms with E-state index in [0.29, 0.717) is 11.5 Å².